The zero-order valence-corrected chi connectivity index (χ0v) is 13.6. The van der Waals surface area contributed by atoms with Gasteiger partial charge in [0, 0.05) is 38.9 Å². The molecule has 0 aliphatic carbocycles. The van der Waals surface area contributed by atoms with Crippen LogP contribution in [0.3, 0.4) is 0 Å². The molecule has 2 N–H and O–H groups in total. The second kappa shape index (κ2) is 6.76. The zero-order valence-electron chi connectivity index (χ0n) is 12.8. The van der Waals surface area contributed by atoms with Gasteiger partial charge in [0.1, 0.15) is 4.90 Å². The molecule has 0 saturated carbocycles. The molecular weight excluding hydrogens is 290 g/mol. The fraction of sp³-hybridized carbons (Fsp3) is 0.769. The van der Waals surface area contributed by atoms with Crippen LogP contribution in [0.15, 0.2) is 11.1 Å². The van der Waals surface area contributed by atoms with Gasteiger partial charge in [0.15, 0.2) is 5.82 Å². The second-order valence-electron chi connectivity index (χ2n) is 5.39. The molecule has 8 heteroatoms. The molecule has 0 spiro atoms. The van der Waals surface area contributed by atoms with Crippen molar-refractivity contribution in [3.8, 4) is 0 Å². The lowest BCUT2D eigenvalue weighted by Crippen LogP contribution is -2.48. The number of nitrogens with zero attached hydrogens (tertiary/aromatic N) is 4. The van der Waals surface area contributed by atoms with E-state index in [4.69, 9.17) is 5.73 Å². The SMILES string of the molecule is CCCN1CCN(S(=O)(=O)c2cn(CCC)nc2N)CC1. The van der Waals surface area contributed by atoms with Crippen molar-refractivity contribution in [2.75, 3.05) is 38.5 Å². The van der Waals surface area contributed by atoms with Crippen molar-refractivity contribution in [1.82, 2.24) is 19.0 Å². The minimum atomic E-state index is -3.53. The van der Waals surface area contributed by atoms with E-state index in [0.717, 1.165) is 32.5 Å². The molecule has 0 amide bonds. The lowest BCUT2D eigenvalue weighted by atomic mass is 10.3. The summed E-state index contributed by atoms with van der Waals surface area (Å²) in [6.07, 6.45) is 3.52. The molecule has 0 atom stereocenters. The molecule has 0 bridgehead atoms. The van der Waals surface area contributed by atoms with Gasteiger partial charge >= 0.3 is 0 Å². The van der Waals surface area contributed by atoms with Crippen molar-refractivity contribution in [3.63, 3.8) is 0 Å². The normalized spacial score (nSPS) is 18.2. The highest BCUT2D eigenvalue weighted by Crippen LogP contribution is 2.22. The van der Waals surface area contributed by atoms with E-state index in [1.807, 2.05) is 6.92 Å². The summed E-state index contributed by atoms with van der Waals surface area (Å²) in [4.78, 5) is 2.43. The number of sulfonamides is 1. The second-order valence-corrected chi connectivity index (χ2v) is 7.29. The summed E-state index contributed by atoms with van der Waals surface area (Å²) >= 11 is 0. The lowest BCUT2D eigenvalue weighted by molar-refractivity contribution is 0.188. The van der Waals surface area contributed by atoms with E-state index in [0.29, 0.717) is 19.6 Å². The van der Waals surface area contributed by atoms with Gasteiger partial charge in [0.25, 0.3) is 0 Å². The first kappa shape index (κ1) is 16.3. The van der Waals surface area contributed by atoms with Crippen LogP contribution in [0.2, 0.25) is 0 Å². The highest BCUT2D eigenvalue weighted by Gasteiger charge is 2.31. The number of aryl methyl sites for hydroxylation is 1. The highest BCUT2D eigenvalue weighted by molar-refractivity contribution is 7.89. The predicted octanol–water partition coefficient (Wildman–Crippen LogP) is 0.592. The fourth-order valence-electron chi connectivity index (χ4n) is 2.61. The third kappa shape index (κ3) is 3.56. The molecule has 0 unspecified atom stereocenters. The summed E-state index contributed by atoms with van der Waals surface area (Å²) in [5.41, 5.74) is 5.79. The van der Waals surface area contributed by atoms with Crippen LogP contribution < -0.4 is 5.73 Å². The van der Waals surface area contributed by atoms with Crippen LogP contribution in [0.25, 0.3) is 0 Å². The standard InChI is InChI=1S/C13H25N5O2S/c1-3-5-16-7-9-18(10-8-16)21(19,20)12-11-17(6-4-2)15-13(12)14/h11H,3-10H2,1-2H3,(H2,14,15). The highest BCUT2D eigenvalue weighted by atomic mass is 32.2. The van der Waals surface area contributed by atoms with Gasteiger partial charge in [-0.25, -0.2) is 8.42 Å². The van der Waals surface area contributed by atoms with E-state index in [9.17, 15) is 8.42 Å². The van der Waals surface area contributed by atoms with Crippen molar-refractivity contribution in [3.05, 3.63) is 6.20 Å². The van der Waals surface area contributed by atoms with Gasteiger partial charge in [-0.2, -0.15) is 9.40 Å². The van der Waals surface area contributed by atoms with Crippen molar-refractivity contribution in [2.24, 2.45) is 0 Å². The van der Waals surface area contributed by atoms with Crippen LogP contribution >= 0.6 is 0 Å². The number of nitrogen functional groups attached to an aromatic ring is 1. The number of hydrogen-bond acceptors (Lipinski definition) is 5. The van der Waals surface area contributed by atoms with Crippen molar-refractivity contribution < 1.29 is 8.42 Å². The fourth-order valence-corrected chi connectivity index (χ4v) is 4.09. The minimum Gasteiger partial charge on any atom is -0.381 e. The van der Waals surface area contributed by atoms with Crippen LogP contribution in [0.1, 0.15) is 26.7 Å². The van der Waals surface area contributed by atoms with Crippen molar-refractivity contribution >= 4 is 15.8 Å². The average Bonchev–Trinajstić information content (AvgIpc) is 2.82. The maximum atomic E-state index is 12.7. The number of hydrogen-bond donors (Lipinski definition) is 1. The average molecular weight is 315 g/mol. The van der Waals surface area contributed by atoms with Gasteiger partial charge in [0.2, 0.25) is 10.0 Å². The lowest BCUT2D eigenvalue weighted by Gasteiger charge is -2.33. The minimum absolute atomic E-state index is 0.0967. The number of rotatable bonds is 6. The largest absolute Gasteiger partial charge is 0.381 e. The molecule has 2 heterocycles. The summed E-state index contributed by atoms with van der Waals surface area (Å²) in [5, 5.41) is 4.08. The summed E-state index contributed by atoms with van der Waals surface area (Å²) in [7, 11) is -3.53. The Balaban J connectivity index is 2.12. The molecule has 1 aliphatic heterocycles. The first-order chi connectivity index (χ1) is 9.98. The number of nitrogens with two attached hydrogens (primary N) is 1. The van der Waals surface area contributed by atoms with Gasteiger partial charge in [-0.3, -0.25) is 4.68 Å². The molecule has 1 aliphatic rings. The smallest absolute Gasteiger partial charge is 0.248 e. The van der Waals surface area contributed by atoms with Crippen molar-refractivity contribution in [2.45, 2.75) is 38.1 Å². The van der Waals surface area contributed by atoms with E-state index < -0.39 is 10.0 Å². The Kier molecular flexibility index (Phi) is 5.23. The quantitative estimate of drug-likeness (QED) is 0.830. The van der Waals surface area contributed by atoms with E-state index in [2.05, 4.69) is 16.9 Å². The molecule has 2 rings (SSSR count). The molecule has 1 saturated heterocycles. The first-order valence-electron chi connectivity index (χ1n) is 7.54. The molecule has 1 aromatic rings. The first-order valence-corrected chi connectivity index (χ1v) is 8.98. The molecule has 21 heavy (non-hydrogen) atoms. The Bertz CT molecular complexity index is 561. The van der Waals surface area contributed by atoms with Crippen molar-refractivity contribution in [1.29, 1.82) is 0 Å². The molecular formula is C13H25N5O2S. The van der Waals surface area contributed by atoms with Crippen LogP contribution in [0, 0.1) is 0 Å². The Hall–Kier alpha value is -1.12. The molecule has 120 valence electrons. The Morgan fingerprint density at radius 2 is 1.76 bits per heavy atom. The van der Waals surface area contributed by atoms with E-state index in [1.54, 1.807) is 10.9 Å². The monoisotopic (exact) mass is 315 g/mol. The molecule has 1 aromatic heterocycles. The zero-order chi connectivity index (χ0) is 15.5. The maximum absolute atomic E-state index is 12.7. The maximum Gasteiger partial charge on any atom is 0.248 e. The van der Waals surface area contributed by atoms with E-state index >= 15 is 0 Å². The molecule has 7 nitrogen and oxygen atoms in total. The predicted molar refractivity (Wildman–Crippen MR) is 82.4 cm³/mol. The summed E-state index contributed by atoms with van der Waals surface area (Å²) < 4.78 is 28.5. The number of aromatic nitrogens is 2. The van der Waals surface area contributed by atoms with Gasteiger partial charge < -0.3 is 10.6 Å². The summed E-state index contributed by atoms with van der Waals surface area (Å²) in [6.45, 7) is 8.41. The molecule has 0 aromatic carbocycles. The van der Waals surface area contributed by atoms with Crippen LogP contribution in [0.5, 0.6) is 0 Å². The summed E-state index contributed by atoms with van der Waals surface area (Å²) in [5.74, 6) is 0.0967. The Labute approximate surface area is 126 Å². The van der Waals surface area contributed by atoms with Gasteiger partial charge in [0.05, 0.1) is 0 Å². The third-order valence-corrected chi connectivity index (χ3v) is 5.61. The summed E-state index contributed by atoms with van der Waals surface area (Å²) in [6, 6.07) is 0. The number of anilines is 1. The van der Waals surface area contributed by atoms with Crippen LogP contribution in [-0.4, -0.2) is 60.1 Å². The topological polar surface area (TPSA) is 84.5 Å². The van der Waals surface area contributed by atoms with Gasteiger partial charge in [-0.1, -0.05) is 13.8 Å². The van der Waals surface area contributed by atoms with E-state index in [1.165, 1.54) is 4.31 Å². The molecule has 0 radical (unpaired) electrons. The third-order valence-electron chi connectivity index (χ3n) is 3.70. The van der Waals surface area contributed by atoms with Gasteiger partial charge in [-0.15, -0.1) is 0 Å². The van der Waals surface area contributed by atoms with Crippen LogP contribution in [-0.2, 0) is 16.6 Å². The Morgan fingerprint density at radius 3 is 2.33 bits per heavy atom. The number of piperazine rings is 1. The Morgan fingerprint density at radius 1 is 1.14 bits per heavy atom. The van der Waals surface area contributed by atoms with Crippen LogP contribution in [0.4, 0.5) is 5.82 Å². The molecule has 1 fully saturated rings. The van der Waals surface area contributed by atoms with E-state index in [-0.39, 0.29) is 10.7 Å². The van der Waals surface area contributed by atoms with Gasteiger partial charge in [-0.05, 0) is 19.4 Å².